The molecule has 10 heteroatoms. The number of rotatable bonds is 8. The Morgan fingerprint density at radius 3 is 2.39 bits per heavy atom. The molecular weight excluding hydrogens is 488 g/mol. The molecule has 0 aromatic heterocycles. The number of aliphatic imine (C=N–C) groups is 1. The van der Waals surface area contributed by atoms with Crippen LogP contribution in [0.25, 0.3) is 0 Å². The second-order valence-corrected chi connectivity index (χ2v) is 6.23. The van der Waals surface area contributed by atoms with Crippen molar-refractivity contribution >= 4 is 29.9 Å². The first-order chi connectivity index (χ1) is 13.0. The highest BCUT2D eigenvalue weighted by Gasteiger charge is 2.27. The molecule has 2 rings (SSSR count). The average molecular weight is 516 g/mol. The van der Waals surface area contributed by atoms with Gasteiger partial charge in [0, 0.05) is 39.8 Å². The Labute approximate surface area is 180 Å². The molecular formula is C18H28F3IN4O2. The molecule has 0 spiro atoms. The molecule has 1 saturated heterocycles. The third-order valence-corrected chi connectivity index (χ3v) is 4.07. The lowest BCUT2D eigenvalue weighted by Gasteiger charge is -2.26. The number of halogens is 4. The quantitative estimate of drug-likeness (QED) is 0.316. The first-order valence-corrected chi connectivity index (χ1v) is 8.93. The second-order valence-electron chi connectivity index (χ2n) is 6.23. The van der Waals surface area contributed by atoms with Crippen LogP contribution in [0.4, 0.5) is 13.2 Å². The Morgan fingerprint density at radius 1 is 1.14 bits per heavy atom. The standard InChI is InChI=1S/C18H27F3N4O2.HI/c1-22-17(23-6-7-25-8-10-26-11-9-25)24-12-15-2-4-16(5-3-15)13-27-14-18(19,20)21;/h2-5H,6-14H2,1H3,(H2,22,23,24);1H. The van der Waals surface area contributed by atoms with Crippen molar-refractivity contribution in [2.45, 2.75) is 19.3 Å². The maximum Gasteiger partial charge on any atom is 0.411 e. The van der Waals surface area contributed by atoms with Crippen molar-refractivity contribution in [3.8, 4) is 0 Å². The van der Waals surface area contributed by atoms with Gasteiger partial charge >= 0.3 is 6.18 Å². The minimum atomic E-state index is -4.30. The summed E-state index contributed by atoms with van der Waals surface area (Å²) in [5.74, 6) is 0.709. The summed E-state index contributed by atoms with van der Waals surface area (Å²) in [7, 11) is 1.71. The highest BCUT2D eigenvalue weighted by Crippen LogP contribution is 2.15. The zero-order valence-corrected chi connectivity index (χ0v) is 18.3. The van der Waals surface area contributed by atoms with Crippen LogP contribution in [-0.4, -0.2) is 70.1 Å². The summed E-state index contributed by atoms with van der Waals surface area (Å²) >= 11 is 0. The summed E-state index contributed by atoms with van der Waals surface area (Å²) in [5, 5.41) is 6.49. The molecule has 1 heterocycles. The van der Waals surface area contributed by atoms with Crippen molar-refractivity contribution in [1.29, 1.82) is 0 Å². The van der Waals surface area contributed by atoms with Crippen LogP contribution in [-0.2, 0) is 22.6 Å². The SMILES string of the molecule is CN=C(NCCN1CCOCC1)NCc1ccc(COCC(F)(F)F)cc1.I. The average Bonchev–Trinajstić information content (AvgIpc) is 2.65. The molecule has 28 heavy (non-hydrogen) atoms. The molecule has 1 aromatic rings. The molecule has 0 aliphatic carbocycles. The number of benzene rings is 1. The van der Waals surface area contributed by atoms with E-state index in [0.29, 0.717) is 18.1 Å². The number of nitrogens with zero attached hydrogens (tertiary/aromatic N) is 2. The predicted molar refractivity (Wildman–Crippen MR) is 113 cm³/mol. The van der Waals surface area contributed by atoms with Gasteiger partial charge in [-0.2, -0.15) is 13.2 Å². The Bertz CT molecular complexity index is 579. The van der Waals surface area contributed by atoms with Crippen molar-refractivity contribution in [3.05, 3.63) is 35.4 Å². The van der Waals surface area contributed by atoms with E-state index < -0.39 is 12.8 Å². The van der Waals surface area contributed by atoms with Gasteiger partial charge in [-0.1, -0.05) is 24.3 Å². The second kappa shape index (κ2) is 13.2. The number of nitrogens with one attached hydrogen (secondary N) is 2. The van der Waals surface area contributed by atoms with Gasteiger partial charge < -0.3 is 20.1 Å². The van der Waals surface area contributed by atoms with E-state index >= 15 is 0 Å². The summed E-state index contributed by atoms with van der Waals surface area (Å²) < 4.78 is 46.2. The van der Waals surface area contributed by atoms with Gasteiger partial charge in [0.25, 0.3) is 0 Å². The molecule has 1 aliphatic rings. The van der Waals surface area contributed by atoms with Gasteiger partial charge in [0.05, 0.1) is 19.8 Å². The largest absolute Gasteiger partial charge is 0.411 e. The molecule has 1 fully saturated rings. The third-order valence-electron chi connectivity index (χ3n) is 4.07. The van der Waals surface area contributed by atoms with E-state index in [9.17, 15) is 13.2 Å². The van der Waals surface area contributed by atoms with Crippen LogP contribution >= 0.6 is 24.0 Å². The van der Waals surface area contributed by atoms with E-state index in [1.807, 2.05) is 12.1 Å². The normalized spacial score (nSPS) is 15.8. The van der Waals surface area contributed by atoms with E-state index in [0.717, 1.165) is 45.0 Å². The molecule has 0 atom stereocenters. The summed E-state index contributed by atoms with van der Waals surface area (Å²) in [6, 6.07) is 7.25. The van der Waals surface area contributed by atoms with Crippen molar-refractivity contribution in [2.24, 2.45) is 4.99 Å². The molecule has 0 amide bonds. The van der Waals surface area contributed by atoms with Gasteiger partial charge in [0.1, 0.15) is 6.61 Å². The topological polar surface area (TPSA) is 58.1 Å². The molecule has 2 N–H and O–H groups in total. The number of ether oxygens (including phenoxy) is 2. The van der Waals surface area contributed by atoms with Crippen molar-refractivity contribution in [2.75, 3.05) is 53.0 Å². The Hall–Kier alpha value is -1.11. The molecule has 0 unspecified atom stereocenters. The molecule has 160 valence electrons. The smallest absolute Gasteiger partial charge is 0.379 e. The molecule has 0 bridgehead atoms. The predicted octanol–water partition coefficient (Wildman–Crippen LogP) is 2.38. The fourth-order valence-corrected chi connectivity index (χ4v) is 2.60. The third kappa shape index (κ3) is 10.4. The van der Waals surface area contributed by atoms with Crippen LogP contribution in [0.3, 0.4) is 0 Å². The zero-order chi connectivity index (χ0) is 19.5. The van der Waals surface area contributed by atoms with E-state index in [1.54, 1.807) is 19.2 Å². The van der Waals surface area contributed by atoms with Crippen molar-refractivity contribution in [3.63, 3.8) is 0 Å². The summed E-state index contributed by atoms with van der Waals surface area (Å²) in [6.45, 7) is 4.46. The number of alkyl halides is 3. The van der Waals surface area contributed by atoms with Gasteiger partial charge in [0.15, 0.2) is 5.96 Å². The van der Waals surface area contributed by atoms with Crippen LogP contribution in [0.5, 0.6) is 0 Å². The molecule has 0 radical (unpaired) electrons. The fourth-order valence-electron chi connectivity index (χ4n) is 2.60. The minimum Gasteiger partial charge on any atom is -0.379 e. The summed E-state index contributed by atoms with van der Waals surface area (Å²) in [4.78, 5) is 6.53. The molecule has 0 saturated carbocycles. The van der Waals surface area contributed by atoms with Crippen LogP contribution in [0.2, 0.25) is 0 Å². The Morgan fingerprint density at radius 2 is 1.79 bits per heavy atom. The highest BCUT2D eigenvalue weighted by molar-refractivity contribution is 14.0. The van der Waals surface area contributed by atoms with E-state index in [1.165, 1.54) is 0 Å². The number of guanidine groups is 1. The molecule has 1 aliphatic heterocycles. The van der Waals surface area contributed by atoms with Crippen molar-refractivity contribution < 1.29 is 22.6 Å². The van der Waals surface area contributed by atoms with Gasteiger partial charge in [-0.3, -0.25) is 9.89 Å². The molecule has 1 aromatic carbocycles. The maximum atomic E-state index is 12.1. The molecule has 6 nitrogen and oxygen atoms in total. The van der Waals surface area contributed by atoms with Gasteiger partial charge in [-0.15, -0.1) is 24.0 Å². The monoisotopic (exact) mass is 516 g/mol. The zero-order valence-electron chi connectivity index (χ0n) is 15.9. The lowest BCUT2D eigenvalue weighted by atomic mass is 10.1. The van der Waals surface area contributed by atoms with Crippen LogP contribution in [0, 0.1) is 0 Å². The van der Waals surface area contributed by atoms with Crippen molar-refractivity contribution in [1.82, 2.24) is 15.5 Å². The van der Waals surface area contributed by atoms with E-state index in [-0.39, 0.29) is 30.6 Å². The Balaban J connectivity index is 0.00000392. The van der Waals surface area contributed by atoms with Crippen LogP contribution in [0.1, 0.15) is 11.1 Å². The maximum absolute atomic E-state index is 12.1. The number of hydrogen-bond acceptors (Lipinski definition) is 4. The van der Waals surface area contributed by atoms with Crippen LogP contribution < -0.4 is 10.6 Å². The number of hydrogen-bond donors (Lipinski definition) is 2. The lowest BCUT2D eigenvalue weighted by Crippen LogP contribution is -2.44. The first kappa shape index (κ1) is 24.9. The summed E-state index contributed by atoms with van der Waals surface area (Å²) in [5.41, 5.74) is 1.71. The van der Waals surface area contributed by atoms with E-state index in [4.69, 9.17) is 4.74 Å². The fraction of sp³-hybridized carbons (Fsp3) is 0.611. The van der Waals surface area contributed by atoms with Gasteiger partial charge in [0.2, 0.25) is 0 Å². The van der Waals surface area contributed by atoms with Gasteiger partial charge in [-0.25, -0.2) is 0 Å². The summed E-state index contributed by atoms with van der Waals surface area (Å²) in [6.07, 6.45) is -4.30. The minimum absolute atomic E-state index is 0. The Kier molecular flexibility index (Phi) is 11.7. The number of morpholine rings is 1. The van der Waals surface area contributed by atoms with Crippen LogP contribution in [0.15, 0.2) is 29.3 Å². The van der Waals surface area contributed by atoms with E-state index in [2.05, 4.69) is 25.3 Å². The highest BCUT2D eigenvalue weighted by atomic mass is 127. The lowest BCUT2D eigenvalue weighted by molar-refractivity contribution is -0.176. The van der Waals surface area contributed by atoms with Gasteiger partial charge in [-0.05, 0) is 11.1 Å². The first-order valence-electron chi connectivity index (χ1n) is 8.93.